The lowest BCUT2D eigenvalue weighted by Gasteiger charge is -2.30. The molecule has 55 heavy (non-hydrogen) atoms. The molecule has 1 aromatic heterocycles. The zero-order chi connectivity index (χ0) is 36.7. The molecule has 0 aliphatic heterocycles. The van der Waals surface area contributed by atoms with Gasteiger partial charge in [-0.25, -0.2) is 0 Å². The summed E-state index contributed by atoms with van der Waals surface area (Å²) in [6.07, 6.45) is 0. The highest BCUT2D eigenvalue weighted by atomic mass is 16.3. The fourth-order valence-corrected chi connectivity index (χ4v) is 9.18. The van der Waals surface area contributed by atoms with E-state index >= 15 is 0 Å². The van der Waals surface area contributed by atoms with E-state index in [1.54, 1.807) is 0 Å². The van der Waals surface area contributed by atoms with Crippen molar-refractivity contribution in [3.63, 3.8) is 0 Å². The van der Waals surface area contributed by atoms with Crippen molar-refractivity contribution in [2.75, 3.05) is 4.90 Å². The average Bonchev–Trinajstić information content (AvgIpc) is 3.72. The average molecular weight is 704 g/mol. The highest BCUT2D eigenvalue weighted by Crippen LogP contribution is 2.52. The molecular weight excluding hydrogens is 667 g/mol. The maximum absolute atomic E-state index is 6.21. The van der Waals surface area contributed by atoms with Crippen LogP contribution in [0.25, 0.3) is 76.9 Å². The molecule has 0 saturated heterocycles. The molecule has 0 unspecified atom stereocenters. The third-order valence-corrected chi connectivity index (χ3v) is 11.8. The summed E-state index contributed by atoms with van der Waals surface area (Å²) in [7, 11) is 0. The van der Waals surface area contributed by atoms with Crippen LogP contribution in [0.15, 0.2) is 192 Å². The Balaban J connectivity index is 1.18. The molecule has 0 bridgehead atoms. The molecule has 0 saturated carbocycles. The van der Waals surface area contributed by atoms with Crippen molar-refractivity contribution < 1.29 is 4.42 Å². The number of fused-ring (bicyclic) bond motifs is 8. The van der Waals surface area contributed by atoms with Crippen molar-refractivity contribution in [3.05, 3.63) is 199 Å². The van der Waals surface area contributed by atoms with Crippen LogP contribution in [-0.4, -0.2) is 0 Å². The van der Waals surface area contributed by atoms with Gasteiger partial charge in [0.25, 0.3) is 0 Å². The predicted octanol–water partition coefficient (Wildman–Crippen LogP) is 15.0. The lowest BCUT2D eigenvalue weighted by atomic mass is 9.82. The van der Waals surface area contributed by atoms with Gasteiger partial charge in [-0.15, -0.1) is 0 Å². The maximum Gasteiger partial charge on any atom is 0.135 e. The monoisotopic (exact) mass is 703 g/mol. The summed E-state index contributed by atoms with van der Waals surface area (Å²) in [4.78, 5) is 2.48. The van der Waals surface area contributed by atoms with Gasteiger partial charge in [0, 0.05) is 33.1 Å². The number of rotatable bonds is 5. The number of anilines is 3. The molecule has 1 aliphatic rings. The Hall–Kier alpha value is -6.90. The van der Waals surface area contributed by atoms with E-state index in [0.717, 1.165) is 50.1 Å². The summed E-state index contributed by atoms with van der Waals surface area (Å²) in [5.74, 6) is 0. The van der Waals surface area contributed by atoms with Crippen molar-refractivity contribution in [1.82, 2.24) is 0 Å². The van der Waals surface area contributed by atoms with E-state index in [-0.39, 0.29) is 5.41 Å². The molecule has 260 valence electrons. The van der Waals surface area contributed by atoms with Gasteiger partial charge in [0.05, 0.1) is 5.69 Å². The molecule has 0 atom stereocenters. The Morgan fingerprint density at radius 1 is 0.400 bits per heavy atom. The molecule has 1 heterocycles. The maximum atomic E-state index is 6.21. The molecule has 11 rings (SSSR count). The summed E-state index contributed by atoms with van der Waals surface area (Å²) in [6, 6.07) is 68.7. The minimum absolute atomic E-state index is 0.0812. The topological polar surface area (TPSA) is 16.4 Å². The van der Waals surface area contributed by atoms with Crippen molar-refractivity contribution in [2.45, 2.75) is 19.3 Å². The van der Waals surface area contributed by atoms with Crippen LogP contribution in [-0.2, 0) is 5.41 Å². The van der Waals surface area contributed by atoms with Crippen LogP contribution in [0.1, 0.15) is 25.0 Å². The quantitative estimate of drug-likeness (QED) is 0.177. The summed E-state index contributed by atoms with van der Waals surface area (Å²) in [6.45, 7) is 4.70. The van der Waals surface area contributed by atoms with Crippen LogP contribution in [0.3, 0.4) is 0 Å². The minimum Gasteiger partial charge on any atom is -0.456 e. The molecule has 2 heteroatoms. The highest BCUT2D eigenvalue weighted by molar-refractivity contribution is 6.12. The zero-order valence-electron chi connectivity index (χ0n) is 30.8. The molecule has 0 radical (unpaired) electrons. The molecular formula is C53H37NO. The van der Waals surface area contributed by atoms with Gasteiger partial charge in [0.1, 0.15) is 11.2 Å². The normalized spacial score (nSPS) is 13.1. The number of benzene rings is 9. The SMILES string of the molecule is CC1(C)c2ccccc2-c2cc(N(c3cccc(-c4ccc5oc6ccccc6c5c4)c3)c3ccc4ccccc4c3-c3cccc4ccccc34)ccc21. The summed E-state index contributed by atoms with van der Waals surface area (Å²) >= 11 is 0. The lowest BCUT2D eigenvalue weighted by Crippen LogP contribution is -2.15. The van der Waals surface area contributed by atoms with Crippen LogP contribution in [0.2, 0.25) is 0 Å². The summed E-state index contributed by atoms with van der Waals surface area (Å²) < 4.78 is 6.21. The molecule has 0 N–H and O–H groups in total. The van der Waals surface area contributed by atoms with E-state index in [2.05, 4.69) is 195 Å². The van der Waals surface area contributed by atoms with Crippen LogP contribution in [0.5, 0.6) is 0 Å². The van der Waals surface area contributed by atoms with E-state index in [4.69, 9.17) is 4.42 Å². The molecule has 9 aromatic carbocycles. The van der Waals surface area contributed by atoms with Gasteiger partial charge in [-0.05, 0) is 109 Å². The van der Waals surface area contributed by atoms with Gasteiger partial charge < -0.3 is 9.32 Å². The molecule has 0 amide bonds. The molecule has 0 spiro atoms. The third kappa shape index (κ3) is 4.88. The Kier molecular flexibility index (Phi) is 6.93. The predicted molar refractivity (Wildman–Crippen MR) is 232 cm³/mol. The van der Waals surface area contributed by atoms with Crippen molar-refractivity contribution >= 4 is 60.5 Å². The first-order valence-electron chi connectivity index (χ1n) is 19.1. The standard InChI is InChI=1S/C53H37NO/c1-53(2)47-23-9-7-20-42(47)45-33-39(27-28-48(45)53)54(38-17-11-16-36(31-38)37-26-30-51-46(32-37)43-21-8-10-24-50(43)55-51)49-29-25-35-14-4-6-19-41(35)52(49)44-22-12-15-34-13-3-5-18-40(34)44/h3-33H,1-2H3. The first-order valence-corrected chi connectivity index (χ1v) is 19.1. The highest BCUT2D eigenvalue weighted by Gasteiger charge is 2.35. The second kappa shape index (κ2) is 12.1. The third-order valence-electron chi connectivity index (χ3n) is 11.8. The number of para-hydroxylation sites is 1. The van der Waals surface area contributed by atoms with E-state index in [9.17, 15) is 0 Å². The number of hydrogen-bond donors (Lipinski definition) is 0. The fourth-order valence-electron chi connectivity index (χ4n) is 9.18. The summed E-state index contributed by atoms with van der Waals surface area (Å²) in [5.41, 5.74) is 15.2. The van der Waals surface area contributed by atoms with Crippen molar-refractivity contribution in [3.8, 4) is 33.4 Å². The molecule has 2 nitrogen and oxygen atoms in total. The van der Waals surface area contributed by atoms with E-state index in [0.29, 0.717) is 0 Å². The van der Waals surface area contributed by atoms with Gasteiger partial charge in [-0.2, -0.15) is 0 Å². The largest absolute Gasteiger partial charge is 0.456 e. The van der Waals surface area contributed by atoms with Gasteiger partial charge in [-0.3, -0.25) is 0 Å². The Bertz CT molecular complexity index is 3140. The van der Waals surface area contributed by atoms with Gasteiger partial charge in [-0.1, -0.05) is 153 Å². The molecule has 0 fully saturated rings. The number of furan rings is 1. The van der Waals surface area contributed by atoms with Crippen LogP contribution >= 0.6 is 0 Å². The van der Waals surface area contributed by atoms with Crippen molar-refractivity contribution in [1.29, 1.82) is 0 Å². The second-order valence-electron chi connectivity index (χ2n) is 15.3. The van der Waals surface area contributed by atoms with E-state index in [1.807, 2.05) is 12.1 Å². The zero-order valence-corrected chi connectivity index (χ0v) is 30.8. The first-order chi connectivity index (χ1) is 27.0. The smallest absolute Gasteiger partial charge is 0.135 e. The Morgan fingerprint density at radius 3 is 1.93 bits per heavy atom. The second-order valence-corrected chi connectivity index (χ2v) is 15.3. The fraction of sp³-hybridized carbons (Fsp3) is 0.0566. The van der Waals surface area contributed by atoms with Crippen LogP contribution in [0.4, 0.5) is 17.1 Å². The number of hydrogen-bond acceptors (Lipinski definition) is 2. The van der Waals surface area contributed by atoms with Crippen LogP contribution < -0.4 is 4.90 Å². The van der Waals surface area contributed by atoms with Gasteiger partial charge in [0.15, 0.2) is 0 Å². The Morgan fingerprint density at radius 2 is 1.04 bits per heavy atom. The Labute approximate surface area is 320 Å². The van der Waals surface area contributed by atoms with Crippen LogP contribution in [0, 0.1) is 0 Å². The molecule has 10 aromatic rings. The van der Waals surface area contributed by atoms with Gasteiger partial charge >= 0.3 is 0 Å². The lowest BCUT2D eigenvalue weighted by molar-refractivity contribution is 0.660. The first kappa shape index (κ1) is 31.6. The van der Waals surface area contributed by atoms with E-state index in [1.165, 1.54) is 54.9 Å². The van der Waals surface area contributed by atoms with Gasteiger partial charge in [0.2, 0.25) is 0 Å². The summed E-state index contributed by atoms with van der Waals surface area (Å²) in [5, 5.41) is 7.17. The minimum atomic E-state index is -0.0812. The number of nitrogens with zero attached hydrogens (tertiary/aromatic N) is 1. The molecule has 1 aliphatic carbocycles. The van der Waals surface area contributed by atoms with E-state index < -0.39 is 0 Å². The van der Waals surface area contributed by atoms with Crippen molar-refractivity contribution in [2.24, 2.45) is 0 Å².